The van der Waals surface area contributed by atoms with Gasteiger partial charge in [-0.05, 0) is 49.1 Å². The number of aryl methyl sites for hydroxylation is 1. The van der Waals surface area contributed by atoms with E-state index in [2.05, 4.69) is 54.7 Å². The Morgan fingerprint density at radius 3 is 2.90 bits per heavy atom. The van der Waals surface area contributed by atoms with Crippen LogP contribution in [0.1, 0.15) is 35.2 Å². The lowest BCUT2D eigenvalue weighted by atomic mass is 9.89. The maximum atomic E-state index is 5.61. The summed E-state index contributed by atoms with van der Waals surface area (Å²) in [5.74, 6) is 0.983. The van der Waals surface area contributed by atoms with Crippen LogP contribution in [0.15, 0.2) is 42.5 Å². The molecule has 1 heterocycles. The van der Waals surface area contributed by atoms with Gasteiger partial charge < -0.3 is 10.1 Å². The molecule has 2 nitrogen and oxygen atoms in total. The number of benzene rings is 2. The lowest BCUT2D eigenvalue weighted by Gasteiger charge is -2.28. The maximum absolute atomic E-state index is 5.61. The minimum Gasteiger partial charge on any atom is -0.494 e. The third kappa shape index (κ3) is 2.56. The van der Waals surface area contributed by atoms with Gasteiger partial charge in [0.05, 0.1) is 12.6 Å². The molecule has 0 aromatic heterocycles. The number of hydrogen-bond donors (Lipinski definition) is 1. The molecule has 2 heteroatoms. The summed E-state index contributed by atoms with van der Waals surface area (Å²) in [4.78, 5) is 0. The summed E-state index contributed by atoms with van der Waals surface area (Å²) in [7, 11) is 0. The fourth-order valence-corrected chi connectivity index (χ4v) is 2.94. The number of fused-ring (bicyclic) bond motifs is 1. The van der Waals surface area contributed by atoms with Crippen LogP contribution in [0.25, 0.3) is 0 Å². The van der Waals surface area contributed by atoms with E-state index >= 15 is 0 Å². The Balaban J connectivity index is 1.97. The molecular weight excluding hydrogens is 246 g/mol. The number of rotatable bonds is 3. The van der Waals surface area contributed by atoms with Gasteiger partial charge >= 0.3 is 0 Å². The molecule has 0 spiro atoms. The van der Waals surface area contributed by atoms with Gasteiger partial charge in [-0.2, -0.15) is 0 Å². The molecule has 0 fully saturated rings. The van der Waals surface area contributed by atoms with Crippen molar-refractivity contribution >= 4 is 0 Å². The Morgan fingerprint density at radius 1 is 1.20 bits per heavy atom. The zero-order chi connectivity index (χ0) is 13.9. The predicted molar refractivity (Wildman–Crippen MR) is 82.3 cm³/mol. The average Bonchev–Trinajstić information content (AvgIpc) is 2.47. The van der Waals surface area contributed by atoms with E-state index in [-0.39, 0.29) is 0 Å². The van der Waals surface area contributed by atoms with Crippen LogP contribution < -0.4 is 10.1 Å². The van der Waals surface area contributed by atoms with Crippen molar-refractivity contribution in [3.05, 3.63) is 64.7 Å². The Bertz CT molecular complexity index is 606. The summed E-state index contributed by atoms with van der Waals surface area (Å²) in [5.41, 5.74) is 5.43. The molecule has 2 aromatic rings. The van der Waals surface area contributed by atoms with Gasteiger partial charge in [0.15, 0.2) is 0 Å². The second-order valence-electron chi connectivity index (χ2n) is 5.34. The highest BCUT2D eigenvalue weighted by atomic mass is 16.5. The molecule has 1 atom stereocenters. The van der Waals surface area contributed by atoms with Gasteiger partial charge in [0, 0.05) is 6.54 Å². The first-order valence-corrected chi connectivity index (χ1v) is 7.33. The molecule has 3 rings (SSSR count). The molecule has 0 aliphatic carbocycles. The molecule has 104 valence electrons. The van der Waals surface area contributed by atoms with Gasteiger partial charge in [-0.1, -0.05) is 35.9 Å². The molecule has 1 N–H and O–H groups in total. The van der Waals surface area contributed by atoms with Gasteiger partial charge in [-0.15, -0.1) is 0 Å². The standard InChI is InChI=1S/C18H21NO/c1-3-20-16-7-8-17-14(12-16)9-10-19-18(17)15-6-4-5-13(2)11-15/h4-8,11-12,18-19H,3,9-10H2,1-2H3. The van der Waals surface area contributed by atoms with E-state index in [0.717, 1.165) is 25.3 Å². The summed E-state index contributed by atoms with van der Waals surface area (Å²) in [5, 5.41) is 3.63. The van der Waals surface area contributed by atoms with E-state index in [1.165, 1.54) is 22.3 Å². The van der Waals surface area contributed by atoms with Crippen LogP contribution in [-0.4, -0.2) is 13.2 Å². The van der Waals surface area contributed by atoms with Crippen LogP contribution in [0.3, 0.4) is 0 Å². The normalized spacial score (nSPS) is 17.6. The molecule has 1 aliphatic heterocycles. The largest absolute Gasteiger partial charge is 0.494 e. The fourth-order valence-electron chi connectivity index (χ4n) is 2.94. The van der Waals surface area contributed by atoms with Crippen LogP contribution >= 0.6 is 0 Å². The van der Waals surface area contributed by atoms with Crippen LogP contribution in [0.2, 0.25) is 0 Å². The Hall–Kier alpha value is -1.80. The molecule has 0 saturated heterocycles. The molecule has 2 aromatic carbocycles. The van der Waals surface area contributed by atoms with Crippen molar-refractivity contribution in [3.8, 4) is 5.75 Å². The van der Waals surface area contributed by atoms with Crippen molar-refractivity contribution in [3.63, 3.8) is 0 Å². The van der Waals surface area contributed by atoms with E-state index in [0.29, 0.717) is 6.04 Å². The van der Waals surface area contributed by atoms with Gasteiger partial charge in [-0.25, -0.2) is 0 Å². The Labute approximate surface area is 120 Å². The molecule has 0 saturated carbocycles. The first-order valence-electron chi connectivity index (χ1n) is 7.33. The van der Waals surface area contributed by atoms with E-state index in [1.54, 1.807) is 0 Å². The highest BCUT2D eigenvalue weighted by Gasteiger charge is 2.21. The Kier molecular flexibility index (Phi) is 3.75. The van der Waals surface area contributed by atoms with Crippen molar-refractivity contribution in [2.24, 2.45) is 0 Å². The Morgan fingerprint density at radius 2 is 2.10 bits per heavy atom. The topological polar surface area (TPSA) is 21.3 Å². The summed E-state index contributed by atoms with van der Waals surface area (Å²) < 4.78 is 5.61. The lowest BCUT2D eigenvalue weighted by Crippen LogP contribution is -2.30. The lowest BCUT2D eigenvalue weighted by molar-refractivity contribution is 0.339. The number of nitrogens with one attached hydrogen (secondary N) is 1. The molecule has 1 aliphatic rings. The quantitative estimate of drug-likeness (QED) is 0.917. The zero-order valence-electron chi connectivity index (χ0n) is 12.1. The predicted octanol–water partition coefficient (Wildman–Crippen LogP) is 3.63. The smallest absolute Gasteiger partial charge is 0.119 e. The molecule has 20 heavy (non-hydrogen) atoms. The minimum atomic E-state index is 0.300. The molecule has 1 unspecified atom stereocenters. The van der Waals surface area contributed by atoms with Crippen molar-refractivity contribution in [1.82, 2.24) is 5.32 Å². The first kappa shape index (κ1) is 13.2. The second-order valence-corrected chi connectivity index (χ2v) is 5.34. The van der Waals surface area contributed by atoms with E-state index < -0.39 is 0 Å². The fraction of sp³-hybridized carbons (Fsp3) is 0.333. The maximum Gasteiger partial charge on any atom is 0.119 e. The number of ether oxygens (including phenoxy) is 1. The minimum absolute atomic E-state index is 0.300. The summed E-state index contributed by atoms with van der Waals surface area (Å²) in [6, 6.07) is 15.5. The van der Waals surface area contributed by atoms with Crippen molar-refractivity contribution in [1.29, 1.82) is 0 Å². The molecule has 0 bridgehead atoms. The van der Waals surface area contributed by atoms with Crippen molar-refractivity contribution in [2.75, 3.05) is 13.2 Å². The van der Waals surface area contributed by atoms with Gasteiger partial charge in [0.2, 0.25) is 0 Å². The molecular formula is C18H21NO. The third-order valence-electron chi connectivity index (χ3n) is 3.85. The van der Waals surface area contributed by atoms with Crippen LogP contribution in [0.4, 0.5) is 0 Å². The first-order chi connectivity index (χ1) is 9.78. The second kappa shape index (κ2) is 5.68. The highest BCUT2D eigenvalue weighted by Crippen LogP contribution is 2.31. The van der Waals surface area contributed by atoms with E-state index in [9.17, 15) is 0 Å². The summed E-state index contributed by atoms with van der Waals surface area (Å²) in [6.07, 6.45) is 1.07. The van der Waals surface area contributed by atoms with Gasteiger partial charge in [0.25, 0.3) is 0 Å². The SMILES string of the molecule is CCOc1ccc2c(c1)CCNC2c1cccc(C)c1. The molecule has 0 amide bonds. The zero-order valence-corrected chi connectivity index (χ0v) is 12.1. The van der Waals surface area contributed by atoms with Gasteiger partial charge in [0.1, 0.15) is 5.75 Å². The van der Waals surface area contributed by atoms with Crippen LogP contribution in [0.5, 0.6) is 5.75 Å². The summed E-state index contributed by atoms with van der Waals surface area (Å²) in [6.45, 7) is 5.90. The summed E-state index contributed by atoms with van der Waals surface area (Å²) >= 11 is 0. The van der Waals surface area contributed by atoms with Crippen molar-refractivity contribution < 1.29 is 4.74 Å². The van der Waals surface area contributed by atoms with Crippen LogP contribution in [-0.2, 0) is 6.42 Å². The van der Waals surface area contributed by atoms with Crippen molar-refractivity contribution in [2.45, 2.75) is 26.3 Å². The monoisotopic (exact) mass is 267 g/mol. The third-order valence-corrected chi connectivity index (χ3v) is 3.85. The van der Waals surface area contributed by atoms with E-state index in [1.807, 2.05) is 6.92 Å². The number of hydrogen-bond acceptors (Lipinski definition) is 2. The highest BCUT2D eigenvalue weighted by molar-refractivity contribution is 5.44. The van der Waals surface area contributed by atoms with Gasteiger partial charge in [-0.3, -0.25) is 0 Å². The van der Waals surface area contributed by atoms with E-state index in [4.69, 9.17) is 4.74 Å². The average molecular weight is 267 g/mol. The van der Waals surface area contributed by atoms with Crippen LogP contribution in [0, 0.1) is 6.92 Å². The molecule has 0 radical (unpaired) electrons.